The van der Waals surface area contributed by atoms with Crippen LogP contribution in [0.3, 0.4) is 0 Å². The fourth-order valence-corrected chi connectivity index (χ4v) is 3.83. The molecule has 0 aliphatic carbocycles. The molecule has 3 aromatic rings. The van der Waals surface area contributed by atoms with Crippen LogP contribution in [0.4, 0.5) is 14.5 Å². The summed E-state index contributed by atoms with van der Waals surface area (Å²) >= 11 is 0. The number of benzene rings is 2. The van der Waals surface area contributed by atoms with Crippen molar-refractivity contribution in [1.82, 2.24) is 9.88 Å². The number of aromatic nitrogens is 1. The Labute approximate surface area is 216 Å². The van der Waals surface area contributed by atoms with Gasteiger partial charge in [0.05, 0.1) is 11.3 Å². The van der Waals surface area contributed by atoms with Gasteiger partial charge in [0.25, 0.3) is 11.6 Å². The Kier molecular flexibility index (Phi) is 8.89. The van der Waals surface area contributed by atoms with E-state index < -0.39 is 35.3 Å². The molecule has 3 rings (SSSR count). The van der Waals surface area contributed by atoms with Gasteiger partial charge >= 0.3 is 12.6 Å². The number of nitrogens with one attached hydrogen (secondary N) is 1. The Morgan fingerprint density at radius 2 is 1.68 bits per heavy atom. The van der Waals surface area contributed by atoms with Gasteiger partial charge in [-0.3, -0.25) is 24.5 Å². The third-order valence-electron chi connectivity index (χ3n) is 5.65. The number of Topliss-reactive ketones (excluding diaryl/α,β-unsaturated/α-hetero) is 1. The molecule has 1 aromatic heterocycles. The minimum atomic E-state index is -2.93. The van der Waals surface area contributed by atoms with Gasteiger partial charge in [-0.15, -0.1) is 0 Å². The smallest absolute Gasteiger partial charge is 0.387 e. The van der Waals surface area contributed by atoms with E-state index >= 15 is 0 Å². The number of aryl methyl sites for hydroxylation is 1. The highest BCUT2D eigenvalue weighted by molar-refractivity contribution is 6.01. The summed E-state index contributed by atoms with van der Waals surface area (Å²) in [7, 11) is 0. The maximum Gasteiger partial charge on any atom is 0.387 e. The average molecular weight is 529 g/mol. The van der Waals surface area contributed by atoms with E-state index in [2.05, 4.69) is 10.1 Å². The van der Waals surface area contributed by atoms with Crippen LogP contribution in [0.5, 0.6) is 5.75 Å². The lowest BCUT2D eigenvalue weighted by Crippen LogP contribution is -2.29. The molecule has 0 unspecified atom stereocenters. The molecule has 0 fully saturated rings. The number of nitro benzene ring substituents is 1. The molecular weight excluding hydrogens is 504 g/mol. The summed E-state index contributed by atoms with van der Waals surface area (Å²) in [5.41, 5.74) is 2.30. The van der Waals surface area contributed by atoms with Gasteiger partial charge in [0, 0.05) is 46.9 Å². The zero-order valence-corrected chi connectivity index (χ0v) is 20.8. The summed E-state index contributed by atoms with van der Waals surface area (Å²) in [6.45, 7) is 1.94. The second-order valence-corrected chi connectivity index (χ2v) is 8.30. The van der Waals surface area contributed by atoms with Gasteiger partial charge in [-0.05, 0) is 63.2 Å². The minimum absolute atomic E-state index is 0.00646. The van der Waals surface area contributed by atoms with Crippen LogP contribution in [-0.4, -0.2) is 46.4 Å². The van der Waals surface area contributed by atoms with E-state index in [1.807, 2.05) is 0 Å². The van der Waals surface area contributed by atoms with Gasteiger partial charge in [0.1, 0.15) is 5.75 Å². The second kappa shape index (κ2) is 12.1. The third-order valence-corrected chi connectivity index (χ3v) is 5.65. The fraction of sp³-hybridized carbons (Fsp3) is 0.269. The van der Waals surface area contributed by atoms with E-state index in [-0.39, 0.29) is 30.0 Å². The normalized spacial score (nSPS) is 11.6. The van der Waals surface area contributed by atoms with E-state index in [4.69, 9.17) is 4.74 Å². The van der Waals surface area contributed by atoms with E-state index in [0.29, 0.717) is 22.6 Å². The lowest BCUT2D eigenvalue weighted by molar-refractivity contribution is -0.384. The Morgan fingerprint density at radius 1 is 1.05 bits per heavy atom. The van der Waals surface area contributed by atoms with Crippen molar-refractivity contribution in [3.8, 4) is 11.4 Å². The zero-order chi connectivity index (χ0) is 28.0. The first-order valence-corrected chi connectivity index (χ1v) is 11.5. The standard InChI is InChI=1S/C26H25F2N3O7/c1-15-14-22(16(2)30(15)19-8-10-21(11-9-19)38-26(27)28)24(33)17(3)37-23(32)12-13-29-25(34)18-4-6-20(7-5-18)31(35)36/h4-11,14,17,26H,12-13H2,1-3H3,(H,29,34)/t17-/m0/s1. The summed E-state index contributed by atoms with van der Waals surface area (Å²) < 4.78 is 36.2. The Hall–Kier alpha value is -4.61. The molecular formula is C26H25F2N3O7. The van der Waals surface area contributed by atoms with E-state index in [1.165, 1.54) is 43.3 Å². The van der Waals surface area contributed by atoms with Gasteiger partial charge in [-0.25, -0.2) is 0 Å². The number of non-ortho nitro benzene ring substituents is 1. The second-order valence-electron chi connectivity index (χ2n) is 8.30. The summed E-state index contributed by atoms with van der Waals surface area (Å²) in [4.78, 5) is 47.5. The maximum absolute atomic E-state index is 13.0. The molecule has 1 atom stereocenters. The highest BCUT2D eigenvalue weighted by Crippen LogP contribution is 2.25. The minimum Gasteiger partial charge on any atom is -0.454 e. The van der Waals surface area contributed by atoms with Crippen LogP contribution >= 0.6 is 0 Å². The lowest BCUT2D eigenvalue weighted by Gasteiger charge is -2.14. The van der Waals surface area contributed by atoms with Crippen LogP contribution in [0.1, 0.15) is 45.4 Å². The van der Waals surface area contributed by atoms with E-state index in [9.17, 15) is 33.3 Å². The van der Waals surface area contributed by atoms with Crippen molar-refractivity contribution in [2.24, 2.45) is 0 Å². The Balaban J connectivity index is 1.56. The maximum atomic E-state index is 13.0. The lowest BCUT2D eigenvalue weighted by atomic mass is 10.1. The largest absolute Gasteiger partial charge is 0.454 e. The SMILES string of the molecule is Cc1cc(C(=O)[C@H](C)OC(=O)CCNC(=O)c2ccc([N+](=O)[O-])cc2)c(C)n1-c1ccc(OC(F)F)cc1. The first-order chi connectivity index (χ1) is 18.0. The molecule has 1 heterocycles. The number of nitro groups is 1. The zero-order valence-electron chi connectivity index (χ0n) is 20.8. The van der Waals surface area contributed by atoms with Crippen LogP contribution in [0.2, 0.25) is 0 Å². The third kappa shape index (κ3) is 6.78. The Morgan fingerprint density at radius 3 is 2.26 bits per heavy atom. The van der Waals surface area contributed by atoms with Gasteiger partial charge in [-0.2, -0.15) is 8.78 Å². The first kappa shape index (κ1) is 28.0. The predicted molar refractivity (Wildman–Crippen MR) is 132 cm³/mol. The number of carbonyl (C=O) groups excluding carboxylic acids is 3. The van der Waals surface area contributed by atoms with Crippen LogP contribution in [0, 0.1) is 24.0 Å². The van der Waals surface area contributed by atoms with Crippen LogP contribution < -0.4 is 10.1 Å². The number of hydrogen-bond donors (Lipinski definition) is 1. The molecule has 0 radical (unpaired) electrons. The van der Waals surface area contributed by atoms with Crippen molar-refractivity contribution in [2.45, 2.75) is 39.9 Å². The van der Waals surface area contributed by atoms with Crippen molar-refractivity contribution in [2.75, 3.05) is 6.54 Å². The molecule has 0 saturated heterocycles. The van der Waals surface area contributed by atoms with Crippen LogP contribution in [0.25, 0.3) is 5.69 Å². The van der Waals surface area contributed by atoms with Gasteiger partial charge in [0.2, 0.25) is 5.78 Å². The number of carbonyl (C=O) groups is 3. The number of amides is 1. The summed E-state index contributed by atoms with van der Waals surface area (Å²) in [6.07, 6.45) is -1.29. The molecule has 38 heavy (non-hydrogen) atoms. The first-order valence-electron chi connectivity index (χ1n) is 11.5. The van der Waals surface area contributed by atoms with E-state index in [0.717, 1.165) is 0 Å². The number of alkyl halides is 2. The van der Waals surface area contributed by atoms with Crippen molar-refractivity contribution < 1.29 is 37.6 Å². The molecule has 0 bridgehead atoms. The van der Waals surface area contributed by atoms with Gasteiger partial charge < -0.3 is 19.4 Å². The highest BCUT2D eigenvalue weighted by Gasteiger charge is 2.24. The number of nitrogens with zero attached hydrogens (tertiary/aromatic N) is 2. The topological polar surface area (TPSA) is 130 Å². The molecule has 0 aliphatic heterocycles. The summed E-state index contributed by atoms with van der Waals surface area (Å²) in [5, 5.41) is 13.2. The number of rotatable bonds is 11. The molecule has 1 N–H and O–H groups in total. The van der Waals surface area contributed by atoms with Crippen LogP contribution in [0.15, 0.2) is 54.6 Å². The summed E-state index contributed by atoms with van der Waals surface area (Å²) in [6, 6.07) is 12.6. The van der Waals surface area contributed by atoms with Crippen molar-refractivity contribution >= 4 is 23.3 Å². The van der Waals surface area contributed by atoms with Crippen molar-refractivity contribution in [3.05, 3.63) is 87.2 Å². The van der Waals surface area contributed by atoms with Gasteiger partial charge in [-0.1, -0.05) is 0 Å². The summed E-state index contributed by atoms with van der Waals surface area (Å²) in [5.74, 6) is -1.63. The highest BCUT2D eigenvalue weighted by atomic mass is 19.3. The van der Waals surface area contributed by atoms with Crippen molar-refractivity contribution in [3.63, 3.8) is 0 Å². The van der Waals surface area contributed by atoms with Gasteiger partial charge in [0.15, 0.2) is 6.10 Å². The molecule has 0 spiro atoms. The predicted octanol–water partition coefficient (Wildman–Crippen LogP) is 4.54. The van der Waals surface area contributed by atoms with Crippen molar-refractivity contribution in [1.29, 1.82) is 0 Å². The monoisotopic (exact) mass is 529 g/mol. The molecule has 12 heteroatoms. The Bertz CT molecular complexity index is 1340. The molecule has 2 aromatic carbocycles. The van der Waals surface area contributed by atoms with Crippen LogP contribution in [-0.2, 0) is 9.53 Å². The number of hydrogen-bond acceptors (Lipinski definition) is 7. The molecule has 0 aliphatic rings. The molecule has 1 amide bonds. The quantitative estimate of drug-likeness (QED) is 0.167. The average Bonchev–Trinajstić information content (AvgIpc) is 3.17. The molecule has 0 saturated carbocycles. The number of halogens is 2. The molecule has 10 nitrogen and oxygen atoms in total. The van der Waals surface area contributed by atoms with E-state index in [1.54, 1.807) is 36.6 Å². The number of esters is 1. The molecule has 200 valence electrons. The fourth-order valence-electron chi connectivity index (χ4n) is 3.83. The number of ketones is 1. The number of ether oxygens (including phenoxy) is 2.